The summed E-state index contributed by atoms with van der Waals surface area (Å²) in [6.07, 6.45) is 5.51. The molecule has 3 unspecified atom stereocenters. The summed E-state index contributed by atoms with van der Waals surface area (Å²) in [6.45, 7) is 19.9. The fraction of sp³-hybridized carbons (Fsp3) is 0.952. The van der Waals surface area contributed by atoms with Crippen molar-refractivity contribution in [2.75, 3.05) is 0 Å². The van der Waals surface area contributed by atoms with E-state index in [0.29, 0.717) is 18.3 Å². The average molecular weight is 325 g/mol. The summed E-state index contributed by atoms with van der Waals surface area (Å²) < 4.78 is 5.58. The molecule has 0 aromatic rings. The van der Waals surface area contributed by atoms with Crippen LogP contribution in [0.3, 0.4) is 0 Å². The second-order valence-electron chi connectivity index (χ2n) is 10.4. The molecular formula is C21H40O2. The van der Waals surface area contributed by atoms with Crippen molar-refractivity contribution in [2.45, 2.75) is 100 Å². The molecule has 1 rings (SSSR count). The third-order valence-electron chi connectivity index (χ3n) is 6.17. The quantitative estimate of drug-likeness (QED) is 0.560. The van der Waals surface area contributed by atoms with Crippen LogP contribution in [-0.4, -0.2) is 11.6 Å². The molecule has 0 aromatic heterocycles. The van der Waals surface area contributed by atoms with Gasteiger partial charge in [-0.3, -0.25) is 4.79 Å². The lowest BCUT2D eigenvalue weighted by atomic mass is 9.64. The van der Waals surface area contributed by atoms with Gasteiger partial charge in [0.25, 0.3) is 0 Å². The molecule has 0 saturated heterocycles. The van der Waals surface area contributed by atoms with Crippen LogP contribution in [0.2, 0.25) is 0 Å². The van der Waals surface area contributed by atoms with Gasteiger partial charge in [0.2, 0.25) is 0 Å². The Morgan fingerprint density at radius 1 is 0.957 bits per heavy atom. The molecule has 0 N–H and O–H groups in total. The Kier molecular flexibility index (Phi) is 6.38. The van der Waals surface area contributed by atoms with Gasteiger partial charge in [0, 0.05) is 6.42 Å². The number of ether oxygens (including phenoxy) is 1. The van der Waals surface area contributed by atoms with Gasteiger partial charge in [-0.15, -0.1) is 0 Å². The predicted molar refractivity (Wildman–Crippen MR) is 98.3 cm³/mol. The molecule has 0 amide bonds. The van der Waals surface area contributed by atoms with Gasteiger partial charge < -0.3 is 4.74 Å². The van der Waals surface area contributed by atoms with Crippen LogP contribution < -0.4 is 0 Å². The Balaban J connectivity index is 2.77. The normalized spacial score (nSPS) is 26.4. The lowest BCUT2D eigenvalue weighted by Gasteiger charge is -2.42. The molecule has 1 saturated carbocycles. The Morgan fingerprint density at radius 2 is 1.48 bits per heavy atom. The second-order valence-corrected chi connectivity index (χ2v) is 10.4. The summed E-state index contributed by atoms with van der Waals surface area (Å²) in [4.78, 5) is 12.3. The van der Waals surface area contributed by atoms with Gasteiger partial charge in [-0.25, -0.2) is 0 Å². The van der Waals surface area contributed by atoms with Gasteiger partial charge in [-0.2, -0.15) is 0 Å². The minimum Gasteiger partial charge on any atom is -0.460 e. The maximum atomic E-state index is 12.3. The van der Waals surface area contributed by atoms with Gasteiger partial charge in [0.05, 0.1) is 0 Å². The van der Waals surface area contributed by atoms with E-state index in [9.17, 15) is 4.79 Å². The highest BCUT2D eigenvalue weighted by molar-refractivity contribution is 5.70. The van der Waals surface area contributed by atoms with Crippen LogP contribution >= 0.6 is 0 Å². The molecule has 0 heterocycles. The fourth-order valence-corrected chi connectivity index (χ4v) is 3.73. The number of hydrogen-bond acceptors (Lipinski definition) is 2. The molecule has 0 bridgehead atoms. The first-order valence-electron chi connectivity index (χ1n) is 9.47. The maximum absolute atomic E-state index is 12.3. The van der Waals surface area contributed by atoms with Crippen molar-refractivity contribution >= 4 is 5.97 Å². The highest BCUT2D eigenvalue weighted by Crippen LogP contribution is 2.50. The molecule has 2 heteroatoms. The van der Waals surface area contributed by atoms with Crippen LogP contribution in [0.1, 0.15) is 94.4 Å². The molecule has 2 nitrogen and oxygen atoms in total. The average Bonchev–Trinajstić information content (AvgIpc) is 2.66. The van der Waals surface area contributed by atoms with Crippen molar-refractivity contribution in [2.24, 2.45) is 28.6 Å². The topological polar surface area (TPSA) is 26.3 Å². The summed E-state index contributed by atoms with van der Waals surface area (Å²) in [5.41, 5.74) is 0.195. The monoisotopic (exact) mass is 324 g/mol. The number of carbonyl (C=O) groups excluding carboxylic acids is 1. The summed E-state index contributed by atoms with van der Waals surface area (Å²) >= 11 is 0. The van der Waals surface area contributed by atoms with E-state index < -0.39 is 0 Å². The van der Waals surface area contributed by atoms with Gasteiger partial charge in [-0.05, 0) is 68.6 Å². The smallest absolute Gasteiger partial charge is 0.306 e. The van der Waals surface area contributed by atoms with Crippen molar-refractivity contribution in [1.29, 1.82) is 0 Å². The van der Waals surface area contributed by atoms with E-state index in [2.05, 4.69) is 41.5 Å². The molecule has 0 spiro atoms. The largest absolute Gasteiger partial charge is 0.460 e. The van der Waals surface area contributed by atoms with E-state index in [4.69, 9.17) is 4.74 Å². The number of hydrogen-bond donors (Lipinski definition) is 0. The van der Waals surface area contributed by atoms with Crippen LogP contribution in [0, 0.1) is 28.6 Å². The van der Waals surface area contributed by atoms with Crippen molar-refractivity contribution in [3.63, 3.8) is 0 Å². The number of esters is 1. The summed E-state index contributed by atoms with van der Waals surface area (Å²) in [5.74, 6) is 1.92. The predicted octanol–water partition coefficient (Wildman–Crippen LogP) is 6.23. The standard InChI is InChI=1S/C21H40O2/c1-10-15-11-16(13-18(22)23-20(5,6)7)17(12-15)14-21(8,9)19(2,3)4/h15-17H,10-14H2,1-9H3. The summed E-state index contributed by atoms with van der Waals surface area (Å²) in [7, 11) is 0. The highest BCUT2D eigenvalue weighted by atomic mass is 16.6. The minimum absolute atomic E-state index is 0.0159. The van der Waals surface area contributed by atoms with Crippen molar-refractivity contribution < 1.29 is 9.53 Å². The molecule has 3 atom stereocenters. The summed E-state index contributed by atoms with van der Waals surface area (Å²) in [6, 6.07) is 0. The third-order valence-corrected chi connectivity index (χ3v) is 6.17. The van der Waals surface area contributed by atoms with E-state index in [1.807, 2.05) is 20.8 Å². The van der Waals surface area contributed by atoms with Gasteiger partial charge in [-0.1, -0.05) is 48.0 Å². The summed E-state index contributed by atoms with van der Waals surface area (Å²) in [5, 5.41) is 0. The zero-order chi connectivity index (χ0) is 18.1. The Morgan fingerprint density at radius 3 is 1.91 bits per heavy atom. The third kappa shape index (κ3) is 6.12. The van der Waals surface area contributed by atoms with Crippen LogP contribution in [-0.2, 0) is 9.53 Å². The van der Waals surface area contributed by atoms with E-state index in [1.165, 1.54) is 25.7 Å². The molecular weight excluding hydrogens is 284 g/mol. The lowest BCUT2D eigenvalue weighted by Crippen LogP contribution is -2.33. The molecule has 1 fully saturated rings. The van der Waals surface area contributed by atoms with Crippen molar-refractivity contribution in [1.82, 2.24) is 0 Å². The van der Waals surface area contributed by atoms with Gasteiger partial charge >= 0.3 is 5.97 Å². The highest BCUT2D eigenvalue weighted by Gasteiger charge is 2.41. The molecule has 1 aliphatic carbocycles. The molecule has 1 aliphatic rings. The van der Waals surface area contributed by atoms with Crippen molar-refractivity contribution in [3.05, 3.63) is 0 Å². The first-order valence-corrected chi connectivity index (χ1v) is 9.47. The molecule has 0 radical (unpaired) electrons. The van der Waals surface area contributed by atoms with Gasteiger partial charge in [0.1, 0.15) is 5.60 Å². The Bertz CT molecular complexity index is 395. The number of carbonyl (C=O) groups is 1. The maximum Gasteiger partial charge on any atom is 0.306 e. The van der Waals surface area contributed by atoms with E-state index in [1.54, 1.807) is 0 Å². The van der Waals surface area contributed by atoms with Crippen LogP contribution in [0.5, 0.6) is 0 Å². The fourth-order valence-electron chi connectivity index (χ4n) is 3.73. The van der Waals surface area contributed by atoms with E-state index in [0.717, 1.165) is 5.92 Å². The van der Waals surface area contributed by atoms with Crippen LogP contribution in [0.4, 0.5) is 0 Å². The minimum atomic E-state index is -0.375. The molecule has 0 aliphatic heterocycles. The van der Waals surface area contributed by atoms with Crippen LogP contribution in [0.25, 0.3) is 0 Å². The lowest BCUT2D eigenvalue weighted by molar-refractivity contribution is -0.156. The Hall–Kier alpha value is -0.530. The second kappa shape index (κ2) is 7.15. The molecule has 136 valence electrons. The van der Waals surface area contributed by atoms with Gasteiger partial charge in [0.15, 0.2) is 0 Å². The molecule has 23 heavy (non-hydrogen) atoms. The first kappa shape index (κ1) is 20.5. The van der Waals surface area contributed by atoms with Crippen molar-refractivity contribution in [3.8, 4) is 0 Å². The van der Waals surface area contributed by atoms with Crippen LogP contribution in [0.15, 0.2) is 0 Å². The Labute approximate surface area is 144 Å². The zero-order valence-electron chi connectivity index (χ0n) is 17.1. The molecule has 0 aromatic carbocycles. The zero-order valence-corrected chi connectivity index (χ0v) is 17.1. The SMILES string of the molecule is CCC1CC(CC(=O)OC(C)(C)C)C(CC(C)(C)C(C)(C)C)C1. The van der Waals surface area contributed by atoms with E-state index in [-0.39, 0.29) is 22.4 Å². The van der Waals surface area contributed by atoms with E-state index >= 15 is 0 Å². The first-order chi connectivity index (χ1) is 10.2. The number of rotatable bonds is 5.